The van der Waals surface area contributed by atoms with E-state index < -0.39 is 0 Å². The van der Waals surface area contributed by atoms with Crippen LogP contribution in [0, 0.1) is 11.3 Å². The number of fused-ring (bicyclic) bond motifs is 1. The van der Waals surface area contributed by atoms with Gasteiger partial charge in [-0.3, -0.25) is 0 Å². The van der Waals surface area contributed by atoms with E-state index in [-0.39, 0.29) is 5.41 Å². The second-order valence-electron chi connectivity index (χ2n) is 4.11. The van der Waals surface area contributed by atoms with Crippen molar-refractivity contribution in [1.82, 2.24) is 0 Å². The molecule has 1 heterocycles. The molecule has 0 aliphatic carbocycles. The van der Waals surface area contributed by atoms with Crippen molar-refractivity contribution in [2.45, 2.75) is 12.3 Å². The van der Waals surface area contributed by atoms with Gasteiger partial charge in [0.1, 0.15) is 6.07 Å². The van der Waals surface area contributed by atoms with Gasteiger partial charge in [-0.1, -0.05) is 22.9 Å². The van der Waals surface area contributed by atoms with Crippen LogP contribution < -0.4 is 11.1 Å². The highest BCUT2D eigenvalue weighted by molar-refractivity contribution is 9.10. The third kappa shape index (κ3) is 1.52. The first-order valence-corrected chi connectivity index (χ1v) is 5.58. The third-order valence-electron chi connectivity index (χ3n) is 2.98. The van der Waals surface area contributed by atoms with Crippen molar-refractivity contribution in [3.8, 4) is 6.07 Å². The second kappa shape index (κ2) is 3.51. The van der Waals surface area contributed by atoms with Crippen LogP contribution in [0.2, 0.25) is 0 Å². The molecule has 1 aliphatic rings. The highest BCUT2D eigenvalue weighted by atomic mass is 79.9. The maximum absolute atomic E-state index is 9.03. The number of nitrogens with zero attached hydrogens (tertiary/aromatic N) is 1. The Morgan fingerprint density at radius 2 is 2.40 bits per heavy atom. The molecule has 3 nitrogen and oxygen atoms in total. The lowest BCUT2D eigenvalue weighted by Crippen LogP contribution is -2.33. The SMILES string of the molecule is C[C@@]1(CN)CNc2c(C#N)cc(Br)cc21. The van der Waals surface area contributed by atoms with Crippen molar-refractivity contribution < 1.29 is 0 Å². The maximum atomic E-state index is 9.03. The molecule has 4 heteroatoms. The molecule has 0 aromatic heterocycles. The summed E-state index contributed by atoms with van der Waals surface area (Å²) < 4.78 is 0.932. The molecule has 0 unspecified atom stereocenters. The molecule has 1 aromatic carbocycles. The summed E-state index contributed by atoms with van der Waals surface area (Å²) in [6.45, 7) is 3.48. The highest BCUT2D eigenvalue weighted by Gasteiger charge is 2.34. The van der Waals surface area contributed by atoms with Crippen LogP contribution >= 0.6 is 15.9 Å². The van der Waals surface area contributed by atoms with E-state index in [4.69, 9.17) is 11.0 Å². The fourth-order valence-corrected chi connectivity index (χ4v) is 2.38. The molecule has 78 valence electrons. The summed E-state index contributed by atoms with van der Waals surface area (Å²) in [6, 6.07) is 6.07. The average molecular weight is 266 g/mol. The molecule has 1 atom stereocenters. The fourth-order valence-electron chi connectivity index (χ4n) is 1.92. The van der Waals surface area contributed by atoms with Gasteiger partial charge in [-0.05, 0) is 17.7 Å². The van der Waals surface area contributed by atoms with Crippen LogP contribution in [0.5, 0.6) is 0 Å². The smallest absolute Gasteiger partial charge is 0.101 e. The molecule has 0 spiro atoms. The minimum absolute atomic E-state index is 0.0648. The molecular weight excluding hydrogens is 254 g/mol. The van der Waals surface area contributed by atoms with Crippen molar-refractivity contribution >= 4 is 21.6 Å². The summed E-state index contributed by atoms with van der Waals surface area (Å²) in [4.78, 5) is 0. The topological polar surface area (TPSA) is 61.8 Å². The molecule has 0 radical (unpaired) electrons. The van der Waals surface area contributed by atoms with Crippen LogP contribution in [0.3, 0.4) is 0 Å². The Morgan fingerprint density at radius 1 is 1.67 bits per heavy atom. The largest absolute Gasteiger partial charge is 0.383 e. The van der Waals surface area contributed by atoms with Crippen LogP contribution in [-0.2, 0) is 5.41 Å². The summed E-state index contributed by atoms with van der Waals surface area (Å²) in [5.74, 6) is 0. The van der Waals surface area contributed by atoms with E-state index in [1.54, 1.807) is 0 Å². The van der Waals surface area contributed by atoms with Gasteiger partial charge in [-0.25, -0.2) is 0 Å². The molecule has 0 saturated carbocycles. The third-order valence-corrected chi connectivity index (χ3v) is 3.44. The average Bonchev–Trinajstić information content (AvgIpc) is 2.57. The Hall–Kier alpha value is -1.05. The zero-order chi connectivity index (χ0) is 11.1. The van der Waals surface area contributed by atoms with Crippen LogP contribution in [0.15, 0.2) is 16.6 Å². The Kier molecular flexibility index (Phi) is 2.45. The predicted octanol–water partition coefficient (Wildman–Crippen LogP) is 1.96. The molecule has 0 amide bonds. The molecule has 0 fully saturated rings. The van der Waals surface area contributed by atoms with E-state index in [1.807, 2.05) is 12.1 Å². The van der Waals surface area contributed by atoms with Gasteiger partial charge in [0.25, 0.3) is 0 Å². The predicted molar refractivity (Wildman–Crippen MR) is 63.8 cm³/mol. The summed E-state index contributed by atoms with van der Waals surface area (Å²) in [5.41, 5.74) is 8.47. The first kappa shape index (κ1) is 10.5. The van der Waals surface area contributed by atoms with Gasteiger partial charge >= 0.3 is 0 Å². The van der Waals surface area contributed by atoms with Crippen molar-refractivity contribution in [2.75, 3.05) is 18.4 Å². The number of halogens is 1. The minimum atomic E-state index is -0.0648. The van der Waals surface area contributed by atoms with Crippen molar-refractivity contribution in [2.24, 2.45) is 5.73 Å². The van der Waals surface area contributed by atoms with E-state index in [2.05, 4.69) is 34.2 Å². The van der Waals surface area contributed by atoms with Gasteiger partial charge in [0, 0.05) is 23.0 Å². The molecule has 15 heavy (non-hydrogen) atoms. The normalized spacial score (nSPS) is 23.1. The van der Waals surface area contributed by atoms with Gasteiger partial charge < -0.3 is 11.1 Å². The lowest BCUT2D eigenvalue weighted by Gasteiger charge is -2.21. The Labute approximate surface area is 97.4 Å². The Morgan fingerprint density at radius 3 is 3.00 bits per heavy atom. The first-order valence-electron chi connectivity index (χ1n) is 4.79. The van der Waals surface area contributed by atoms with E-state index in [0.29, 0.717) is 12.1 Å². The number of nitrogens with one attached hydrogen (secondary N) is 1. The zero-order valence-corrected chi connectivity index (χ0v) is 10.1. The molecule has 0 saturated heterocycles. The second-order valence-corrected chi connectivity index (χ2v) is 5.02. The lowest BCUT2D eigenvalue weighted by molar-refractivity contribution is 0.536. The summed E-state index contributed by atoms with van der Waals surface area (Å²) in [5, 5.41) is 12.3. The fraction of sp³-hybridized carbons (Fsp3) is 0.364. The zero-order valence-electron chi connectivity index (χ0n) is 8.47. The van der Waals surface area contributed by atoms with Crippen LogP contribution in [0.25, 0.3) is 0 Å². The Bertz CT molecular complexity index is 450. The number of anilines is 1. The van der Waals surface area contributed by atoms with Crippen LogP contribution in [0.4, 0.5) is 5.69 Å². The van der Waals surface area contributed by atoms with Crippen molar-refractivity contribution in [1.29, 1.82) is 5.26 Å². The molecule has 2 rings (SSSR count). The van der Waals surface area contributed by atoms with Crippen LogP contribution in [0.1, 0.15) is 18.1 Å². The van der Waals surface area contributed by atoms with Gasteiger partial charge in [-0.2, -0.15) is 5.26 Å². The molecular formula is C11H12BrN3. The van der Waals surface area contributed by atoms with Crippen molar-refractivity contribution in [3.63, 3.8) is 0 Å². The van der Waals surface area contributed by atoms with E-state index in [0.717, 1.165) is 22.3 Å². The Balaban J connectivity index is 2.65. The molecule has 1 aliphatic heterocycles. The van der Waals surface area contributed by atoms with Crippen molar-refractivity contribution in [3.05, 3.63) is 27.7 Å². The molecule has 1 aromatic rings. The monoisotopic (exact) mass is 265 g/mol. The lowest BCUT2D eigenvalue weighted by atomic mass is 9.84. The molecule has 0 bridgehead atoms. The van der Waals surface area contributed by atoms with Gasteiger partial charge in [-0.15, -0.1) is 0 Å². The highest BCUT2D eigenvalue weighted by Crippen LogP contribution is 2.39. The number of nitrogens with two attached hydrogens (primary N) is 1. The number of hydrogen-bond acceptors (Lipinski definition) is 3. The number of hydrogen-bond donors (Lipinski definition) is 2. The van der Waals surface area contributed by atoms with Gasteiger partial charge in [0.2, 0.25) is 0 Å². The summed E-state index contributed by atoms with van der Waals surface area (Å²) in [6.07, 6.45) is 0. The number of nitriles is 1. The molecule has 3 N–H and O–H groups in total. The summed E-state index contributed by atoms with van der Waals surface area (Å²) in [7, 11) is 0. The van der Waals surface area contributed by atoms with Gasteiger partial charge in [0.15, 0.2) is 0 Å². The maximum Gasteiger partial charge on any atom is 0.101 e. The first-order chi connectivity index (χ1) is 7.10. The van der Waals surface area contributed by atoms with Crippen LogP contribution in [-0.4, -0.2) is 13.1 Å². The summed E-state index contributed by atoms with van der Waals surface area (Å²) >= 11 is 3.42. The standard InChI is InChI=1S/C11H12BrN3/c1-11(5-14)6-15-10-7(4-13)2-8(12)3-9(10)11/h2-3,15H,5-6,14H2,1H3/t11-/m1/s1. The number of rotatable bonds is 1. The van der Waals surface area contributed by atoms with Gasteiger partial charge in [0.05, 0.1) is 11.3 Å². The van der Waals surface area contributed by atoms with E-state index in [1.165, 1.54) is 0 Å². The number of benzene rings is 1. The minimum Gasteiger partial charge on any atom is -0.383 e. The van der Waals surface area contributed by atoms with E-state index >= 15 is 0 Å². The van der Waals surface area contributed by atoms with E-state index in [9.17, 15) is 0 Å². The quantitative estimate of drug-likeness (QED) is 0.816.